The highest BCUT2D eigenvalue weighted by Gasteiger charge is 2.45. The van der Waals surface area contributed by atoms with Gasteiger partial charge in [-0.05, 0) is 43.4 Å². The van der Waals surface area contributed by atoms with Crippen LogP contribution < -0.4 is 0 Å². The van der Waals surface area contributed by atoms with Crippen LogP contribution in [0.25, 0.3) is 0 Å². The fraction of sp³-hybridized carbons (Fsp3) is 1.00. The van der Waals surface area contributed by atoms with Crippen molar-refractivity contribution in [2.75, 3.05) is 6.61 Å². The number of aliphatic hydroxyl groups is 2. The minimum Gasteiger partial charge on any atom is -0.368 e. The molecule has 0 aromatic rings. The first-order valence-electron chi connectivity index (χ1n) is 7.70. The summed E-state index contributed by atoms with van der Waals surface area (Å²) in [5.41, 5.74) is 0. The van der Waals surface area contributed by atoms with Crippen molar-refractivity contribution in [1.82, 2.24) is 0 Å². The van der Waals surface area contributed by atoms with Crippen molar-refractivity contribution in [2.45, 2.75) is 58.5 Å². The lowest BCUT2D eigenvalue weighted by Gasteiger charge is -2.43. The zero-order valence-corrected chi connectivity index (χ0v) is 12.7. The first-order valence-corrected chi connectivity index (χ1v) is 7.70. The molecule has 3 N–H and O–H groups in total. The van der Waals surface area contributed by atoms with E-state index in [4.69, 9.17) is 9.99 Å². The summed E-state index contributed by atoms with van der Waals surface area (Å²) in [5, 5.41) is 28.0. The normalized spacial score (nSPS) is 44.0. The van der Waals surface area contributed by atoms with Crippen molar-refractivity contribution in [3.05, 3.63) is 0 Å². The third-order valence-electron chi connectivity index (χ3n) is 5.64. The number of rotatable bonds is 3. The van der Waals surface area contributed by atoms with Gasteiger partial charge in [-0.2, -0.15) is 0 Å². The predicted molar refractivity (Wildman–Crippen MR) is 73.6 cm³/mol. The zero-order valence-electron chi connectivity index (χ0n) is 12.7. The first kappa shape index (κ1) is 16.2. The average Bonchev–Trinajstić information content (AvgIpc) is 2.60. The molecule has 2 unspecified atom stereocenters. The van der Waals surface area contributed by atoms with Gasteiger partial charge in [0, 0.05) is 12.3 Å². The van der Waals surface area contributed by atoms with Crippen molar-refractivity contribution in [3.63, 3.8) is 0 Å². The van der Waals surface area contributed by atoms with Gasteiger partial charge in [0.1, 0.15) is 0 Å². The summed E-state index contributed by atoms with van der Waals surface area (Å²) in [6, 6.07) is 0. The van der Waals surface area contributed by atoms with Crippen LogP contribution in [-0.2, 0) is 9.62 Å². The molecule has 1 aliphatic heterocycles. The second-order valence-electron chi connectivity index (χ2n) is 6.89. The fourth-order valence-electron chi connectivity index (χ4n) is 4.09. The van der Waals surface area contributed by atoms with Crippen molar-refractivity contribution >= 4 is 0 Å². The van der Waals surface area contributed by atoms with Gasteiger partial charge in [0.05, 0.1) is 6.61 Å². The van der Waals surface area contributed by atoms with Crippen LogP contribution in [0.2, 0.25) is 0 Å². The Kier molecular flexibility index (Phi) is 5.08. The molecule has 1 saturated heterocycles. The van der Waals surface area contributed by atoms with Gasteiger partial charge in [0.25, 0.3) is 0 Å². The lowest BCUT2D eigenvalue weighted by Crippen LogP contribution is -2.41. The third kappa shape index (κ3) is 3.17. The Bertz CT molecular complexity index is 321. The maximum Gasteiger partial charge on any atom is 0.198 e. The fourth-order valence-corrected chi connectivity index (χ4v) is 4.09. The molecule has 0 amide bonds. The van der Waals surface area contributed by atoms with Crippen LogP contribution in [0.5, 0.6) is 0 Å². The maximum absolute atomic E-state index is 9.50. The summed E-state index contributed by atoms with van der Waals surface area (Å²) >= 11 is 0. The SMILES string of the molecule is C[C@@H]1CC[C@@H]([C@@H](C)C(O)O)C2COC(C)(OO)CC[C@H]21. The maximum atomic E-state index is 9.50. The van der Waals surface area contributed by atoms with Crippen LogP contribution >= 0.6 is 0 Å². The Morgan fingerprint density at radius 2 is 1.90 bits per heavy atom. The molecule has 2 rings (SSSR count). The van der Waals surface area contributed by atoms with Gasteiger partial charge in [0.2, 0.25) is 0 Å². The molecule has 1 saturated carbocycles. The number of aliphatic hydroxyl groups excluding tert-OH is 1. The highest BCUT2D eigenvalue weighted by Crippen LogP contribution is 2.47. The Hall–Kier alpha value is -0.200. The number of ether oxygens (including phenoxy) is 1. The molecular formula is C15H28O5. The zero-order chi connectivity index (χ0) is 14.9. The van der Waals surface area contributed by atoms with Crippen LogP contribution in [0, 0.1) is 29.6 Å². The van der Waals surface area contributed by atoms with Gasteiger partial charge >= 0.3 is 0 Å². The van der Waals surface area contributed by atoms with E-state index in [0.29, 0.717) is 30.8 Å². The van der Waals surface area contributed by atoms with Gasteiger partial charge in [-0.15, -0.1) is 0 Å². The molecule has 6 atom stereocenters. The number of fused-ring (bicyclic) bond motifs is 1. The molecule has 118 valence electrons. The van der Waals surface area contributed by atoms with Crippen LogP contribution in [0.15, 0.2) is 0 Å². The summed E-state index contributed by atoms with van der Waals surface area (Å²) in [6.07, 6.45) is 2.43. The van der Waals surface area contributed by atoms with Crippen LogP contribution in [0.3, 0.4) is 0 Å². The van der Waals surface area contributed by atoms with Crippen LogP contribution in [0.4, 0.5) is 0 Å². The van der Waals surface area contributed by atoms with Crippen LogP contribution in [0.1, 0.15) is 46.5 Å². The van der Waals surface area contributed by atoms with Gasteiger partial charge in [-0.3, -0.25) is 0 Å². The quantitative estimate of drug-likeness (QED) is 0.421. The minimum absolute atomic E-state index is 0.155. The Morgan fingerprint density at radius 1 is 1.20 bits per heavy atom. The first-order chi connectivity index (χ1) is 9.38. The van der Waals surface area contributed by atoms with E-state index < -0.39 is 12.1 Å². The third-order valence-corrected chi connectivity index (χ3v) is 5.64. The molecule has 1 aliphatic carbocycles. The topological polar surface area (TPSA) is 79.2 Å². The van der Waals surface area contributed by atoms with E-state index >= 15 is 0 Å². The average molecular weight is 288 g/mol. The van der Waals surface area contributed by atoms with E-state index in [-0.39, 0.29) is 11.8 Å². The molecule has 0 aromatic heterocycles. The molecule has 0 aromatic carbocycles. The van der Waals surface area contributed by atoms with E-state index in [1.807, 2.05) is 6.92 Å². The molecule has 2 fully saturated rings. The second kappa shape index (κ2) is 6.28. The van der Waals surface area contributed by atoms with E-state index in [2.05, 4.69) is 11.8 Å². The van der Waals surface area contributed by atoms with Gasteiger partial charge in [-0.25, -0.2) is 10.1 Å². The molecule has 2 aliphatic rings. The van der Waals surface area contributed by atoms with Crippen molar-refractivity contribution < 1.29 is 25.1 Å². The molecular weight excluding hydrogens is 260 g/mol. The predicted octanol–water partition coefficient (Wildman–Crippen LogP) is 2.23. The molecule has 0 bridgehead atoms. The summed E-state index contributed by atoms with van der Waals surface area (Å²) in [6.45, 7) is 6.42. The molecule has 0 radical (unpaired) electrons. The Labute approximate surface area is 120 Å². The molecule has 1 heterocycles. The van der Waals surface area contributed by atoms with Crippen LogP contribution in [-0.4, -0.2) is 34.2 Å². The monoisotopic (exact) mass is 288 g/mol. The lowest BCUT2D eigenvalue weighted by atomic mass is 9.62. The molecule has 20 heavy (non-hydrogen) atoms. The standard InChI is InChI=1S/C15H28O5/c1-9-4-5-12(10(2)14(16)17)13-8-19-15(3,20-18)7-6-11(9)13/h9-14,16-18H,4-8H2,1-3H3/t9-,10-,11+,12+,13?,15?/m1/s1. The van der Waals surface area contributed by atoms with Gasteiger partial charge in [-0.1, -0.05) is 20.3 Å². The molecule has 5 nitrogen and oxygen atoms in total. The van der Waals surface area contributed by atoms with Crippen molar-refractivity contribution in [1.29, 1.82) is 0 Å². The summed E-state index contributed by atoms with van der Waals surface area (Å²) in [5.74, 6) is 0.557. The van der Waals surface area contributed by atoms with E-state index in [1.54, 1.807) is 6.92 Å². The minimum atomic E-state index is -1.28. The van der Waals surface area contributed by atoms with Gasteiger partial charge in [0.15, 0.2) is 12.1 Å². The number of hydrogen-bond acceptors (Lipinski definition) is 5. The summed E-state index contributed by atoms with van der Waals surface area (Å²) < 4.78 is 5.78. The Morgan fingerprint density at radius 3 is 2.50 bits per heavy atom. The highest BCUT2D eigenvalue weighted by molar-refractivity contribution is 4.91. The summed E-state index contributed by atoms with van der Waals surface area (Å²) in [4.78, 5) is 4.52. The van der Waals surface area contributed by atoms with E-state index in [9.17, 15) is 10.2 Å². The number of hydrogen-bond donors (Lipinski definition) is 3. The molecule has 5 heteroatoms. The largest absolute Gasteiger partial charge is 0.368 e. The van der Waals surface area contributed by atoms with Crippen molar-refractivity contribution in [3.8, 4) is 0 Å². The molecule has 0 spiro atoms. The highest BCUT2D eigenvalue weighted by atomic mass is 17.1. The van der Waals surface area contributed by atoms with E-state index in [0.717, 1.165) is 19.3 Å². The van der Waals surface area contributed by atoms with Gasteiger partial charge < -0.3 is 14.9 Å². The summed E-state index contributed by atoms with van der Waals surface area (Å²) in [7, 11) is 0. The smallest absolute Gasteiger partial charge is 0.198 e. The second-order valence-corrected chi connectivity index (χ2v) is 6.89. The lowest BCUT2D eigenvalue weighted by molar-refractivity contribution is -0.399. The van der Waals surface area contributed by atoms with E-state index in [1.165, 1.54) is 0 Å². The van der Waals surface area contributed by atoms with Crippen molar-refractivity contribution in [2.24, 2.45) is 29.6 Å². The Balaban J connectivity index is 2.16.